The Morgan fingerprint density at radius 3 is 2.14 bits per heavy atom. The van der Waals surface area contributed by atoms with Crippen molar-refractivity contribution < 1.29 is 20.1 Å². The predicted octanol–water partition coefficient (Wildman–Crippen LogP) is 11.1. The Balaban J connectivity index is 0.000000154. The summed E-state index contributed by atoms with van der Waals surface area (Å²) in [6.45, 7) is 6.66. The van der Waals surface area contributed by atoms with Crippen molar-refractivity contribution in [1.29, 1.82) is 0 Å². The second-order valence-electron chi connectivity index (χ2n) is 13.9. The maximum atomic E-state index is 4.73. The molecule has 0 N–H and O–H groups in total. The van der Waals surface area contributed by atoms with Gasteiger partial charge >= 0.3 is 0 Å². The van der Waals surface area contributed by atoms with Crippen molar-refractivity contribution in [2.75, 3.05) is 0 Å². The van der Waals surface area contributed by atoms with Crippen molar-refractivity contribution in [2.45, 2.75) is 51.9 Å². The fourth-order valence-corrected chi connectivity index (χ4v) is 7.25. The van der Waals surface area contributed by atoms with E-state index in [-0.39, 0.29) is 25.5 Å². The zero-order valence-electron chi connectivity index (χ0n) is 28.2. The standard InChI is InChI=1S/C25H18N.C21H20N.Ir/c1-2-7-22-16(4-1)12-13-26-25(22)21-14-19-10-8-17-5-3-6-18-9-11-20(15-21)24(19)23(17)18;1-21(2,3)19-12-13-22-20(15-19)18-11-7-10-17(14-18)16-8-5-4-6-9-16;/h1-7,12-14H,8-11H2;4-10,12-15H,1-3H3;/q2*-1;. The number of aryl methyl sites for hydroxylation is 4. The third-order valence-corrected chi connectivity index (χ3v) is 9.76. The number of pyridine rings is 2. The van der Waals surface area contributed by atoms with Crippen molar-refractivity contribution in [3.8, 4) is 44.8 Å². The number of fused-ring (bicyclic) bond motifs is 1. The molecule has 1 radical (unpaired) electrons. The van der Waals surface area contributed by atoms with Crippen LogP contribution in [0.15, 0.2) is 128 Å². The molecule has 243 valence electrons. The van der Waals surface area contributed by atoms with E-state index in [0.717, 1.165) is 48.2 Å². The first-order chi connectivity index (χ1) is 23.4. The topological polar surface area (TPSA) is 25.8 Å². The van der Waals surface area contributed by atoms with E-state index in [2.05, 4.69) is 141 Å². The quantitative estimate of drug-likeness (QED) is 0.166. The van der Waals surface area contributed by atoms with Crippen LogP contribution in [-0.2, 0) is 51.2 Å². The average Bonchev–Trinajstić information content (AvgIpc) is 3.14. The first kappa shape index (κ1) is 32.8. The van der Waals surface area contributed by atoms with Gasteiger partial charge in [-0.15, -0.1) is 64.2 Å². The van der Waals surface area contributed by atoms with E-state index in [4.69, 9.17) is 4.98 Å². The first-order valence-corrected chi connectivity index (χ1v) is 17.0. The molecule has 2 aliphatic rings. The largest absolute Gasteiger partial charge is 0.305 e. The summed E-state index contributed by atoms with van der Waals surface area (Å²) in [6, 6.07) is 47.7. The summed E-state index contributed by atoms with van der Waals surface area (Å²) in [4.78, 5) is 9.26. The SMILES string of the molecule is CC(C)(C)c1ccnc(-c2[c-]ccc(-c3ccccc3)c2)c1.[Ir].[c-]1c(-c2nccc3ccccc23)cc2c3c1CCc1cccc(c1-3)CC2. The molecule has 0 spiro atoms. The molecule has 0 bridgehead atoms. The molecule has 2 heterocycles. The van der Waals surface area contributed by atoms with Gasteiger partial charge in [0.25, 0.3) is 0 Å². The van der Waals surface area contributed by atoms with Crippen LogP contribution in [0.3, 0.4) is 0 Å². The summed E-state index contributed by atoms with van der Waals surface area (Å²) in [6.07, 6.45) is 8.27. The Morgan fingerprint density at radius 1 is 0.592 bits per heavy atom. The van der Waals surface area contributed by atoms with Crippen molar-refractivity contribution >= 4 is 10.8 Å². The third-order valence-electron chi connectivity index (χ3n) is 9.76. The summed E-state index contributed by atoms with van der Waals surface area (Å²) in [5, 5.41) is 2.45. The van der Waals surface area contributed by atoms with Gasteiger partial charge in [0.2, 0.25) is 0 Å². The number of benzene rings is 5. The summed E-state index contributed by atoms with van der Waals surface area (Å²) >= 11 is 0. The van der Waals surface area contributed by atoms with Crippen LogP contribution < -0.4 is 0 Å². The van der Waals surface area contributed by atoms with E-state index in [1.807, 2.05) is 24.5 Å². The van der Waals surface area contributed by atoms with Gasteiger partial charge in [-0.3, -0.25) is 0 Å². The van der Waals surface area contributed by atoms with Gasteiger partial charge in [0, 0.05) is 32.5 Å². The summed E-state index contributed by atoms with van der Waals surface area (Å²) < 4.78 is 0. The van der Waals surface area contributed by atoms with Crippen LogP contribution in [0.1, 0.15) is 48.6 Å². The number of hydrogen-bond acceptors (Lipinski definition) is 2. The molecule has 0 saturated carbocycles. The number of hydrogen-bond donors (Lipinski definition) is 0. The van der Waals surface area contributed by atoms with Gasteiger partial charge in [0.05, 0.1) is 0 Å². The molecule has 0 unspecified atom stereocenters. The van der Waals surface area contributed by atoms with Gasteiger partial charge < -0.3 is 9.97 Å². The van der Waals surface area contributed by atoms with Crippen molar-refractivity contribution in [1.82, 2.24) is 9.97 Å². The molecule has 0 atom stereocenters. The minimum atomic E-state index is 0. The van der Waals surface area contributed by atoms with Crippen LogP contribution in [-0.4, -0.2) is 9.97 Å². The number of nitrogens with zero attached hydrogens (tertiary/aromatic N) is 2. The molecular formula is C46H38IrN2-2. The molecule has 7 aromatic rings. The van der Waals surface area contributed by atoms with Crippen LogP contribution in [0.25, 0.3) is 55.5 Å². The molecule has 2 aromatic heterocycles. The van der Waals surface area contributed by atoms with Crippen LogP contribution in [0.5, 0.6) is 0 Å². The van der Waals surface area contributed by atoms with Crippen LogP contribution >= 0.6 is 0 Å². The minimum Gasteiger partial charge on any atom is -0.305 e. The molecule has 3 heteroatoms. The van der Waals surface area contributed by atoms with E-state index >= 15 is 0 Å². The van der Waals surface area contributed by atoms with Crippen molar-refractivity contribution in [3.63, 3.8) is 0 Å². The van der Waals surface area contributed by atoms with Crippen LogP contribution in [0, 0.1) is 12.1 Å². The fourth-order valence-electron chi connectivity index (χ4n) is 7.25. The molecule has 0 aliphatic heterocycles. The van der Waals surface area contributed by atoms with E-state index in [1.54, 1.807) is 0 Å². The smallest absolute Gasteiger partial charge is 0.0167 e. The Labute approximate surface area is 303 Å². The van der Waals surface area contributed by atoms with Gasteiger partial charge in [0.15, 0.2) is 0 Å². The maximum Gasteiger partial charge on any atom is 0.0167 e. The molecule has 2 nitrogen and oxygen atoms in total. The zero-order chi connectivity index (χ0) is 32.7. The molecule has 0 saturated heterocycles. The molecular weight excluding hydrogens is 773 g/mol. The molecule has 2 aliphatic carbocycles. The van der Waals surface area contributed by atoms with Gasteiger partial charge in [-0.2, -0.15) is 0 Å². The number of aromatic nitrogens is 2. The van der Waals surface area contributed by atoms with Gasteiger partial charge in [0.1, 0.15) is 0 Å². The van der Waals surface area contributed by atoms with Crippen molar-refractivity contribution in [3.05, 3.63) is 168 Å². The molecule has 49 heavy (non-hydrogen) atoms. The average molecular weight is 811 g/mol. The molecule has 9 rings (SSSR count). The van der Waals surface area contributed by atoms with Crippen LogP contribution in [0.2, 0.25) is 0 Å². The maximum absolute atomic E-state index is 4.73. The van der Waals surface area contributed by atoms with Gasteiger partial charge in [-0.25, -0.2) is 0 Å². The molecule has 0 amide bonds. The number of rotatable bonds is 3. The minimum absolute atomic E-state index is 0. The van der Waals surface area contributed by atoms with Crippen molar-refractivity contribution in [2.24, 2.45) is 0 Å². The van der Waals surface area contributed by atoms with Gasteiger partial charge in [-0.1, -0.05) is 111 Å². The second kappa shape index (κ2) is 13.7. The fraction of sp³-hybridized carbons (Fsp3) is 0.174. The summed E-state index contributed by atoms with van der Waals surface area (Å²) in [5.41, 5.74) is 16.9. The normalized spacial score (nSPS) is 12.7. The van der Waals surface area contributed by atoms with E-state index in [1.165, 1.54) is 60.8 Å². The zero-order valence-corrected chi connectivity index (χ0v) is 30.6. The third kappa shape index (κ3) is 6.54. The van der Waals surface area contributed by atoms with E-state index < -0.39 is 0 Å². The Hall–Kier alpha value is -4.69. The first-order valence-electron chi connectivity index (χ1n) is 17.0. The summed E-state index contributed by atoms with van der Waals surface area (Å²) in [7, 11) is 0. The summed E-state index contributed by atoms with van der Waals surface area (Å²) in [5.74, 6) is 0. The Kier molecular flexibility index (Phi) is 9.16. The predicted molar refractivity (Wildman–Crippen MR) is 199 cm³/mol. The van der Waals surface area contributed by atoms with E-state index in [9.17, 15) is 0 Å². The molecule has 0 fully saturated rings. The monoisotopic (exact) mass is 811 g/mol. The second-order valence-corrected chi connectivity index (χ2v) is 13.9. The molecule has 5 aromatic carbocycles. The van der Waals surface area contributed by atoms with E-state index in [0.29, 0.717) is 0 Å². The van der Waals surface area contributed by atoms with Gasteiger partial charge in [-0.05, 0) is 87.6 Å². The Morgan fingerprint density at radius 2 is 1.33 bits per heavy atom. The van der Waals surface area contributed by atoms with Crippen LogP contribution in [0.4, 0.5) is 0 Å². The Bertz CT molecular complexity index is 2230.